The fraction of sp³-hybridized carbons (Fsp3) is 0.500. The smallest absolute Gasteiger partial charge is 0.320 e. The van der Waals surface area contributed by atoms with E-state index in [4.69, 9.17) is 5.11 Å². The molecule has 98 valence electrons. The second-order valence-corrected chi connectivity index (χ2v) is 4.78. The number of hydrogen-bond acceptors (Lipinski definition) is 2. The summed E-state index contributed by atoms with van der Waals surface area (Å²) in [6.07, 6.45) is 3.09. The van der Waals surface area contributed by atoms with Crippen LogP contribution >= 0.6 is 0 Å². The van der Waals surface area contributed by atoms with Gasteiger partial charge in [-0.1, -0.05) is 19.4 Å². The molecule has 0 radical (unpaired) electrons. The summed E-state index contributed by atoms with van der Waals surface area (Å²) < 4.78 is 13.1. The van der Waals surface area contributed by atoms with Crippen LogP contribution in [0.1, 0.15) is 43.4 Å². The van der Waals surface area contributed by atoms with Gasteiger partial charge < -0.3 is 5.11 Å². The Balaban J connectivity index is 2.11. The fourth-order valence-corrected chi connectivity index (χ4v) is 2.57. The topological polar surface area (TPSA) is 49.3 Å². The van der Waals surface area contributed by atoms with Crippen LogP contribution in [0.25, 0.3) is 0 Å². The highest BCUT2D eigenvalue weighted by molar-refractivity contribution is 5.73. The molecule has 0 aromatic heterocycles. The van der Waals surface area contributed by atoms with Crippen molar-refractivity contribution in [2.75, 3.05) is 0 Å². The molecule has 0 aliphatic heterocycles. The molecule has 2 rings (SSSR count). The summed E-state index contributed by atoms with van der Waals surface area (Å²) in [4.78, 5) is 11.1. The predicted octanol–water partition coefficient (Wildman–Crippen LogP) is 2.66. The molecular weight excluding hydrogens is 233 g/mol. The zero-order chi connectivity index (χ0) is 13.1. The maximum atomic E-state index is 13.1. The summed E-state index contributed by atoms with van der Waals surface area (Å²) in [5, 5.41) is 12.3. The maximum Gasteiger partial charge on any atom is 0.320 e. The molecule has 0 bridgehead atoms. The summed E-state index contributed by atoms with van der Waals surface area (Å²) in [7, 11) is 0. The van der Waals surface area contributed by atoms with E-state index in [0.29, 0.717) is 6.42 Å². The molecule has 18 heavy (non-hydrogen) atoms. The number of rotatable bonds is 5. The lowest BCUT2D eigenvalue weighted by Crippen LogP contribution is -2.38. The van der Waals surface area contributed by atoms with Gasteiger partial charge in [0.1, 0.15) is 11.9 Å². The predicted molar refractivity (Wildman–Crippen MR) is 66.9 cm³/mol. The minimum atomic E-state index is -0.813. The molecule has 1 unspecified atom stereocenters. The molecule has 0 heterocycles. The molecule has 0 saturated carbocycles. The Morgan fingerprint density at radius 3 is 3.06 bits per heavy atom. The maximum absolute atomic E-state index is 13.1. The van der Waals surface area contributed by atoms with Gasteiger partial charge in [0.15, 0.2) is 0 Å². The van der Waals surface area contributed by atoms with E-state index >= 15 is 0 Å². The number of aryl methyl sites for hydroxylation is 1. The van der Waals surface area contributed by atoms with Gasteiger partial charge in [-0.25, -0.2) is 4.39 Å². The van der Waals surface area contributed by atoms with Crippen LogP contribution in [0.3, 0.4) is 0 Å². The zero-order valence-electron chi connectivity index (χ0n) is 10.4. The lowest BCUT2D eigenvalue weighted by molar-refractivity contribution is -0.139. The first-order valence-corrected chi connectivity index (χ1v) is 6.39. The van der Waals surface area contributed by atoms with Crippen molar-refractivity contribution in [2.24, 2.45) is 0 Å². The average Bonchev–Trinajstić information content (AvgIpc) is 2.71. The normalized spacial score (nSPS) is 19.6. The number of hydrogen-bond donors (Lipinski definition) is 2. The number of carboxylic acids is 1. The molecule has 1 aromatic carbocycles. The second-order valence-electron chi connectivity index (χ2n) is 4.78. The van der Waals surface area contributed by atoms with Gasteiger partial charge in [-0.15, -0.1) is 0 Å². The molecule has 1 aliphatic carbocycles. The Hall–Kier alpha value is -1.42. The van der Waals surface area contributed by atoms with Crippen molar-refractivity contribution in [3.8, 4) is 0 Å². The highest BCUT2D eigenvalue weighted by atomic mass is 19.1. The first-order valence-electron chi connectivity index (χ1n) is 6.39. The van der Waals surface area contributed by atoms with E-state index in [2.05, 4.69) is 5.32 Å². The third kappa shape index (κ3) is 2.70. The quantitative estimate of drug-likeness (QED) is 0.845. The summed E-state index contributed by atoms with van der Waals surface area (Å²) in [6.45, 7) is 1.97. The van der Waals surface area contributed by atoms with Crippen LogP contribution < -0.4 is 5.32 Å². The van der Waals surface area contributed by atoms with Gasteiger partial charge in [0.2, 0.25) is 0 Å². The van der Waals surface area contributed by atoms with Gasteiger partial charge in [0.05, 0.1) is 0 Å². The van der Waals surface area contributed by atoms with Crippen LogP contribution in [0.5, 0.6) is 0 Å². The van der Waals surface area contributed by atoms with Gasteiger partial charge in [0, 0.05) is 6.04 Å². The van der Waals surface area contributed by atoms with Crippen molar-refractivity contribution in [3.63, 3.8) is 0 Å². The lowest BCUT2D eigenvalue weighted by Gasteiger charge is -2.20. The second kappa shape index (κ2) is 5.48. The summed E-state index contributed by atoms with van der Waals surface area (Å²) in [6, 6.07) is 4.27. The number of aliphatic carboxylic acids is 1. The van der Waals surface area contributed by atoms with Crippen LogP contribution in [0, 0.1) is 5.82 Å². The number of halogens is 1. The number of fused-ring (bicyclic) bond motifs is 1. The van der Waals surface area contributed by atoms with Gasteiger partial charge in [-0.2, -0.15) is 0 Å². The van der Waals surface area contributed by atoms with Crippen LogP contribution in [0.4, 0.5) is 4.39 Å². The molecule has 4 heteroatoms. The van der Waals surface area contributed by atoms with Crippen LogP contribution in [0.15, 0.2) is 18.2 Å². The average molecular weight is 251 g/mol. The molecule has 2 N–H and O–H groups in total. The molecule has 2 atom stereocenters. The van der Waals surface area contributed by atoms with Crippen molar-refractivity contribution in [1.29, 1.82) is 0 Å². The van der Waals surface area contributed by atoms with Crippen LogP contribution in [-0.4, -0.2) is 17.1 Å². The monoisotopic (exact) mass is 251 g/mol. The highest BCUT2D eigenvalue weighted by Crippen LogP contribution is 2.32. The van der Waals surface area contributed by atoms with Gasteiger partial charge >= 0.3 is 5.97 Å². The standard InChI is InChI=1S/C14H18FNO2/c1-2-3-13(14(17)18)16-12-7-4-9-8-10(15)5-6-11(9)12/h5-6,8,12-13,16H,2-4,7H2,1H3,(H,17,18)/t12-,13?/m0/s1. The highest BCUT2D eigenvalue weighted by Gasteiger charge is 2.27. The van der Waals surface area contributed by atoms with E-state index in [1.807, 2.05) is 6.92 Å². The Labute approximate surface area is 106 Å². The molecule has 0 spiro atoms. The van der Waals surface area contributed by atoms with E-state index < -0.39 is 12.0 Å². The van der Waals surface area contributed by atoms with Crippen molar-refractivity contribution in [1.82, 2.24) is 5.32 Å². The first-order chi connectivity index (χ1) is 8.61. The summed E-state index contributed by atoms with van der Waals surface area (Å²) >= 11 is 0. The van der Waals surface area contributed by atoms with Crippen LogP contribution in [0.2, 0.25) is 0 Å². The lowest BCUT2D eigenvalue weighted by atomic mass is 10.1. The molecule has 0 amide bonds. The minimum absolute atomic E-state index is 0.0354. The van der Waals surface area contributed by atoms with E-state index in [1.54, 1.807) is 12.1 Å². The Morgan fingerprint density at radius 1 is 1.61 bits per heavy atom. The van der Waals surface area contributed by atoms with Crippen molar-refractivity contribution < 1.29 is 14.3 Å². The molecule has 1 aromatic rings. The first kappa shape index (κ1) is 13.0. The Morgan fingerprint density at radius 2 is 2.39 bits per heavy atom. The minimum Gasteiger partial charge on any atom is -0.480 e. The van der Waals surface area contributed by atoms with E-state index in [1.165, 1.54) is 6.07 Å². The number of carboxylic acid groups (broad SMARTS) is 1. The van der Waals surface area contributed by atoms with Crippen LogP contribution in [-0.2, 0) is 11.2 Å². The molecule has 1 aliphatic rings. The third-order valence-electron chi connectivity index (χ3n) is 3.46. The fourth-order valence-electron chi connectivity index (χ4n) is 2.57. The SMILES string of the molecule is CCCC(N[C@H]1CCc2cc(F)ccc21)C(=O)O. The molecule has 3 nitrogen and oxygen atoms in total. The van der Waals surface area contributed by atoms with Crippen molar-refractivity contribution in [2.45, 2.75) is 44.7 Å². The van der Waals surface area contributed by atoms with Crippen molar-refractivity contribution >= 4 is 5.97 Å². The number of nitrogens with one attached hydrogen (secondary N) is 1. The largest absolute Gasteiger partial charge is 0.480 e. The van der Waals surface area contributed by atoms with E-state index in [9.17, 15) is 9.18 Å². The molecule has 0 fully saturated rings. The zero-order valence-corrected chi connectivity index (χ0v) is 10.4. The summed E-state index contributed by atoms with van der Waals surface area (Å²) in [5.74, 6) is -1.04. The van der Waals surface area contributed by atoms with E-state index in [-0.39, 0.29) is 11.9 Å². The Kier molecular flexibility index (Phi) is 3.97. The third-order valence-corrected chi connectivity index (χ3v) is 3.46. The van der Waals surface area contributed by atoms with Gasteiger partial charge in [-0.05, 0) is 42.5 Å². The van der Waals surface area contributed by atoms with Crippen molar-refractivity contribution in [3.05, 3.63) is 35.1 Å². The number of benzene rings is 1. The van der Waals surface area contributed by atoms with Gasteiger partial charge in [-0.3, -0.25) is 10.1 Å². The number of carbonyl (C=O) groups is 1. The molecular formula is C14H18FNO2. The van der Waals surface area contributed by atoms with E-state index in [0.717, 1.165) is 30.4 Å². The Bertz CT molecular complexity index is 447. The van der Waals surface area contributed by atoms with Gasteiger partial charge in [0.25, 0.3) is 0 Å². The molecule has 0 saturated heterocycles. The summed E-state index contributed by atoms with van der Waals surface area (Å²) in [5.41, 5.74) is 2.03.